The van der Waals surface area contributed by atoms with Crippen molar-refractivity contribution in [3.05, 3.63) is 51.5 Å². The van der Waals surface area contributed by atoms with Crippen molar-refractivity contribution < 1.29 is 9.59 Å². The summed E-state index contributed by atoms with van der Waals surface area (Å²) in [4.78, 5) is 24.8. The molecule has 2 aromatic carbocycles. The Balaban J connectivity index is 1.98. The van der Waals surface area contributed by atoms with Gasteiger partial charge in [-0.15, -0.1) is 0 Å². The van der Waals surface area contributed by atoms with Crippen molar-refractivity contribution >= 4 is 56.7 Å². The van der Waals surface area contributed by atoms with Crippen LogP contribution in [-0.2, 0) is 4.79 Å². The smallest absolute Gasteiger partial charge is 0.296 e. The van der Waals surface area contributed by atoms with Gasteiger partial charge in [-0.05, 0) is 46.3 Å². The number of carbonyl (C=O) groups excluding carboxylic acids is 2. The average molecular weight is 369 g/mol. The lowest BCUT2D eigenvalue weighted by Gasteiger charge is -2.07. The fourth-order valence-electron chi connectivity index (χ4n) is 1.88. The van der Waals surface area contributed by atoms with Gasteiger partial charge in [0.1, 0.15) is 0 Å². The van der Waals surface area contributed by atoms with Crippen molar-refractivity contribution in [2.45, 2.75) is 9.79 Å². The molecule has 3 rings (SSSR count). The summed E-state index contributed by atoms with van der Waals surface area (Å²) in [5, 5.41) is 3.23. The molecule has 100 valence electrons. The van der Waals surface area contributed by atoms with Crippen LogP contribution >= 0.6 is 39.3 Å². The third-order valence-electron chi connectivity index (χ3n) is 2.79. The Morgan fingerprint density at radius 2 is 1.95 bits per heavy atom. The van der Waals surface area contributed by atoms with Gasteiger partial charge in [0.05, 0.1) is 11.3 Å². The summed E-state index contributed by atoms with van der Waals surface area (Å²) < 4.78 is 0.770. The van der Waals surface area contributed by atoms with E-state index < -0.39 is 11.7 Å². The molecular weight excluding hydrogens is 362 g/mol. The second-order valence-corrected chi connectivity index (χ2v) is 6.58. The van der Waals surface area contributed by atoms with Gasteiger partial charge >= 0.3 is 0 Å². The zero-order valence-corrected chi connectivity index (χ0v) is 13.1. The molecule has 0 aromatic heterocycles. The summed E-state index contributed by atoms with van der Waals surface area (Å²) >= 11 is 10.9. The van der Waals surface area contributed by atoms with Crippen LogP contribution in [0.25, 0.3) is 0 Å². The fourth-order valence-corrected chi connectivity index (χ4v) is 3.64. The molecule has 20 heavy (non-hydrogen) atoms. The summed E-state index contributed by atoms with van der Waals surface area (Å²) in [6.45, 7) is 0. The molecule has 0 atom stereocenters. The van der Waals surface area contributed by atoms with Gasteiger partial charge in [0.15, 0.2) is 0 Å². The van der Waals surface area contributed by atoms with E-state index in [0.717, 1.165) is 14.3 Å². The van der Waals surface area contributed by atoms with Crippen LogP contribution in [0, 0.1) is 0 Å². The highest BCUT2D eigenvalue weighted by Gasteiger charge is 2.29. The number of amides is 1. The van der Waals surface area contributed by atoms with Crippen LogP contribution in [0.5, 0.6) is 0 Å². The largest absolute Gasteiger partial charge is 0.318 e. The number of halogens is 2. The highest BCUT2D eigenvalue weighted by Crippen LogP contribution is 2.39. The average Bonchev–Trinajstić information content (AvgIpc) is 2.66. The summed E-state index contributed by atoms with van der Waals surface area (Å²) in [5.74, 6) is -1.09. The molecule has 1 aliphatic heterocycles. The number of carbonyl (C=O) groups is 2. The van der Waals surface area contributed by atoms with Crippen molar-refractivity contribution in [2.24, 2.45) is 0 Å². The maximum atomic E-state index is 11.6. The van der Waals surface area contributed by atoms with Gasteiger partial charge in [0, 0.05) is 19.3 Å². The first-order valence-electron chi connectivity index (χ1n) is 5.67. The molecule has 1 amide bonds. The number of Topliss-reactive ketones (excluding diaryl/α,β-unsaturated/α-hetero) is 1. The maximum absolute atomic E-state index is 11.6. The Bertz CT molecular complexity index is 748. The SMILES string of the molecule is O=C1Nc2cc(Sc3cccc(Cl)c3)c(Br)cc2C1=O. The molecule has 1 N–H and O–H groups in total. The maximum Gasteiger partial charge on any atom is 0.296 e. The van der Waals surface area contributed by atoms with Gasteiger partial charge in [-0.1, -0.05) is 29.4 Å². The van der Waals surface area contributed by atoms with Crippen LogP contribution < -0.4 is 5.32 Å². The predicted octanol–water partition coefficient (Wildman–Crippen LogP) is 4.39. The van der Waals surface area contributed by atoms with E-state index in [0.29, 0.717) is 16.3 Å². The molecule has 1 heterocycles. The Hall–Kier alpha value is -1.30. The molecule has 0 bridgehead atoms. The van der Waals surface area contributed by atoms with Crippen LogP contribution in [0.1, 0.15) is 10.4 Å². The number of benzene rings is 2. The molecule has 0 fully saturated rings. The second kappa shape index (κ2) is 5.24. The van der Waals surface area contributed by atoms with Gasteiger partial charge < -0.3 is 5.32 Å². The van der Waals surface area contributed by atoms with Crippen molar-refractivity contribution in [3.63, 3.8) is 0 Å². The molecule has 0 spiro atoms. The van der Waals surface area contributed by atoms with E-state index in [-0.39, 0.29) is 0 Å². The Morgan fingerprint density at radius 3 is 2.70 bits per heavy atom. The number of hydrogen-bond acceptors (Lipinski definition) is 3. The normalized spacial score (nSPS) is 13.3. The van der Waals surface area contributed by atoms with Crippen LogP contribution in [-0.4, -0.2) is 11.7 Å². The van der Waals surface area contributed by atoms with Gasteiger partial charge in [0.2, 0.25) is 0 Å². The molecule has 0 saturated carbocycles. The molecular formula is C14H7BrClNO2S. The first kappa shape index (κ1) is 13.7. The zero-order valence-electron chi connectivity index (χ0n) is 9.94. The predicted molar refractivity (Wildman–Crippen MR) is 82.7 cm³/mol. The number of hydrogen-bond donors (Lipinski definition) is 1. The summed E-state index contributed by atoms with van der Waals surface area (Å²) in [6, 6.07) is 10.9. The summed E-state index contributed by atoms with van der Waals surface area (Å²) in [7, 11) is 0. The van der Waals surface area contributed by atoms with Crippen molar-refractivity contribution in [3.8, 4) is 0 Å². The number of nitrogens with one attached hydrogen (secondary N) is 1. The molecule has 0 unspecified atom stereocenters. The second-order valence-electron chi connectivity index (χ2n) is 4.17. The van der Waals surface area contributed by atoms with E-state index in [9.17, 15) is 9.59 Å². The van der Waals surface area contributed by atoms with Crippen LogP contribution in [0.3, 0.4) is 0 Å². The molecule has 3 nitrogen and oxygen atoms in total. The van der Waals surface area contributed by atoms with Crippen LogP contribution in [0.2, 0.25) is 5.02 Å². The standard InChI is InChI=1S/C14H7BrClNO2S/c15-10-5-9-11(17-14(19)13(9)18)6-12(10)20-8-3-1-2-7(16)4-8/h1-6H,(H,17,18,19). The lowest BCUT2D eigenvalue weighted by atomic mass is 10.1. The molecule has 0 radical (unpaired) electrons. The van der Waals surface area contributed by atoms with Gasteiger partial charge in [-0.3, -0.25) is 9.59 Å². The Labute approximate surface area is 132 Å². The van der Waals surface area contributed by atoms with E-state index in [1.165, 1.54) is 11.8 Å². The minimum absolute atomic E-state index is 0.400. The quantitative estimate of drug-likeness (QED) is 0.800. The number of fused-ring (bicyclic) bond motifs is 1. The number of ketones is 1. The van der Waals surface area contributed by atoms with Crippen molar-refractivity contribution in [2.75, 3.05) is 5.32 Å². The highest BCUT2D eigenvalue weighted by molar-refractivity contribution is 9.10. The molecule has 1 aliphatic rings. The van der Waals surface area contributed by atoms with E-state index in [1.807, 2.05) is 24.3 Å². The van der Waals surface area contributed by atoms with Gasteiger partial charge in [0.25, 0.3) is 11.7 Å². The molecule has 6 heteroatoms. The lowest BCUT2D eigenvalue weighted by Crippen LogP contribution is -2.12. The molecule has 0 aliphatic carbocycles. The van der Waals surface area contributed by atoms with E-state index in [4.69, 9.17) is 11.6 Å². The third kappa shape index (κ3) is 2.49. The highest BCUT2D eigenvalue weighted by atomic mass is 79.9. The Morgan fingerprint density at radius 1 is 1.15 bits per heavy atom. The number of rotatable bonds is 2. The summed E-state index contributed by atoms with van der Waals surface area (Å²) in [5.41, 5.74) is 0.949. The van der Waals surface area contributed by atoms with Crippen molar-refractivity contribution in [1.82, 2.24) is 0 Å². The first-order valence-corrected chi connectivity index (χ1v) is 7.66. The van der Waals surface area contributed by atoms with Gasteiger partial charge in [-0.25, -0.2) is 0 Å². The lowest BCUT2D eigenvalue weighted by molar-refractivity contribution is -0.112. The van der Waals surface area contributed by atoms with Gasteiger partial charge in [-0.2, -0.15) is 0 Å². The minimum atomic E-state index is -0.586. The Kier molecular flexibility index (Phi) is 3.58. The van der Waals surface area contributed by atoms with Crippen LogP contribution in [0.15, 0.2) is 50.7 Å². The number of anilines is 1. The van der Waals surface area contributed by atoms with E-state index >= 15 is 0 Å². The van der Waals surface area contributed by atoms with E-state index in [2.05, 4.69) is 21.2 Å². The topological polar surface area (TPSA) is 46.2 Å². The molecule has 0 saturated heterocycles. The van der Waals surface area contributed by atoms with E-state index in [1.54, 1.807) is 12.1 Å². The molecule has 2 aromatic rings. The summed E-state index contributed by atoms with van der Waals surface area (Å²) in [6.07, 6.45) is 0. The first-order chi connectivity index (χ1) is 9.54. The van der Waals surface area contributed by atoms with Crippen LogP contribution in [0.4, 0.5) is 5.69 Å². The zero-order chi connectivity index (χ0) is 14.3. The third-order valence-corrected chi connectivity index (χ3v) is 5.00. The fraction of sp³-hybridized carbons (Fsp3) is 0. The monoisotopic (exact) mass is 367 g/mol. The minimum Gasteiger partial charge on any atom is -0.318 e. The van der Waals surface area contributed by atoms with Crippen molar-refractivity contribution in [1.29, 1.82) is 0 Å².